The molecule has 1 rings (SSSR count). The van der Waals surface area contributed by atoms with E-state index in [4.69, 9.17) is 19.9 Å². The number of aliphatic hydroxyl groups excluding tert-OH is 1. The zero-order valence-electron chi connectivity index (χ0n) is 19.5. The number of aliphatic hydroxyl groups is 1. The van der Waals surface area contributed by atoms with Crippen LogP contribution >= 0.6 is 0 Å². The summed E-state index contributed by atoms with van der Waals surface area (Å²) in [6.07, 6.45) is -0.665. The predicted octanol–water partition coefficient (Wildman–Crippen LogP) is -2.95. The molecular weight excluding hydrogens is 422 g/mol. The van der Waals surface area contributed by atoms with Gasteiger partial charge >= 0.3 is 17.9 Å². The van der Waals surface area contributed by atoms with Crippen LogP contribution in [0.2, 0.25) is 0 Å². The van der Waals surface area contributed by atoms with Crippen molar-refractivity contribution in [2.75, 3.05) is 106 Å². The van der Waals surface area contributed by atoms with E-state index in [1.807, 2.05) is 14.7 Å². The fourth-order valence-electron chi connectivity index (χ4n) is 3.35. The number of esters is 3. The molecule has 1 saturated heterocycles. The van der Waals surface area contributed by atoms with Gasteiger partial charge in [-0.15, -0.1) is 0 Å². The maximum Gasteiger partial charge on any atom is 0.319 e. The van der Waals surface area contributed by atoms with Crippen LogP contribution in [0, 0.1) is 0 Å². The van der Waals surface area contributed by atoms with Crippen LogP contribution in [0.4, 0.5) is 0 Å². The van der Waals surface area contributed by atoms with Crippen LogP contribution in [-0.4, -0.2) is 155 Å². The summed E-state index contributed by atoms with van der Waals surface area (Å²) in [6.45, 7) is 5.37. The molecule has 0 aromatic heterocycles. The third-order valence-electron chi connectivity index (χ3n) is 5.41. The highest BCUT2D eigenvalue weighted by molar-refractivity contribution is 5.72. The van der Waals surface area contributed by atoms with Gasteiger partial charge in [0.2, 0.25) is 0 Å². The van der Waals surface area contributed by atoms with Crippen molar-refractivity contribution >= 4 is 17.9 Å². The molecule has 1 heterocycles. The van der Waals surface area contributed by atoms with Gasteiger partial charge in [0.25, 0.3) is 0 Å². The maximum atomic E-state index is 11.9. The number of methoxy groups -OCH3 is 3. The zero-order valence-corrected chi connectivity index (χ0v) is 19.5. The molecule has 1 aliphatic heterocycles. The van der Waals surface area contributed by atoms with Crippen molar-refractivity contribution in [1.82, 2.24) is 19.6 Å². The Morgan fingerprint density at radius 1 is 0.688 bits per heavy atom. The Balaban J connectivity index is 2.97. The summed E-state index contributed by atoms with van der Waals surface area (Å²) in [5.41, 5.74) is 5.59. The Labute approximate surface area is 190 Å². The highest BCUT2D eigenvalue weighted by Crippen LogP contribution is 2.03. The van der Waals surface area contributed by atoms with Crippen LogP contribution in [0.1, 0.15) is 0 Å². The Morgan fingerprint density at radius 3 is 1.22 bits per heavy atom. The van der Waals surface area contributed by atoms with Crippen LogP contribution in [0.15, 0.2) is 0 Å². The summed E-state index contributed by atoms with van der Waals surface area (Å²) < 4.78 is 14.4. The van der Waals surface area contributed by atoms with E-state index in [9.17, 15) is 19.5 Å². The van der Waals surface area contributed by atoms with E-state index in [0.29, 0.717) is 58.9 Å². The molecule has 12 heteroatoms. The number of hydrogen-bond acceptors (Lipinski definition) is 12. The van der Waals surface area contributed by atoms with E-state index in [1.165, 1.54) is 21.3 Å². The second-order valence-electron chi connectivity index (χ2n) is 7.75. The second kappa shape index (κ2) is 15.9. The summed E-state index contributed by atoms with van der Waals surface area (Å²) in [5, 5.41) is 10.0. The number of nitrogens with zero attached hydrogens (tertiary/aromatic N) is 4. The van der Waals surface area contributed by atoms with Crippen molar-refractivity contribution in [3.63, 3.8) is 0 Å². The summed E-state index contributed by atoms with van der Waals surface area (Å²) in [7, 11) is 4.04. The van der Waals surface area contributed by atoms with Gasteiger partial charge < -0.3 is 25.1 Å². The third kappa shape index (κ3) is 11.7. The lowest BCUT2D eigenvalue weighted by Gasteiger charge is -2.34. The van der Waals surface area contributed by atoms with Gasteiger partial charge in [-0.3, -0.25) is 34.0 Å². The van der Waals surface area contributed by atoms with Gasteiger partial charge in [0.1, 0.15) is 0 Å². The molecule has 1 aliphatic rings. The molecule has 0 spiro atoms. The number of ether oxygens (including phenoxy) is 3. The minimum atomic E-state index is -0.665. The lowest BCUT2D eigenvalue weighted by molar-refractivity contribution is -0.144. The van der Waals surface area contributed by atoms with Gasteiger partial charge in [0, 0.05) is 65.4 Å². The van der Waals surface area contributed by atoms with Crippen molar-refractivity contribution in [2.45, 2.75) is 6.10 Å². The van der Waals surface area contributed by atoms with Crippen molar-refractivity contribution in [1.29, 1.82) is 0 Å². The van der Waals surface area contributed by atoms with E-state index in [0.717, 1.165) is 0 Å². The van der Waals surface area contributed by atoms with Gasteiger partial charge in [-0.1, -0.05) is 0 Å². The predicted molar refractivity (Wildman–Crippen MR) is 117 cm³/mol. The van der Waals surface area contributed by atoms with E-state index < -0.39 is 6.10 Å². The summed E-state index contributed by atoms with van der Waals surface area (Å²) in [6, 6.07) is 0. The Hall–Kier alpha value is -1.83. The number of nitrogens with two attached hydrogens (primary N) is 1. The van der Waals surface area contributed by atoms with Crippen molar-refractivity contribution < 1.29 is 33.7 Å². The monoisotopic (exact) mass is 461 g/mol. The largest absolute Gasteiger partial charge is 0.468 e. The van der Waals surface area contributed by atoms with E-state index >= 15 is 0 Å². The molecule has 12 nitrogen and oxygen atoms in total. The van der Waals surface area contributed by atoms with Crippen molar-refractivity contribution in [2.24, 2.45) is 5.73 Å². The van der Waals surface area contributed by atoms with Crippen molar-refractivity contribution in [3.05, 3.63) is 0 Å². The molecule has 1 atom stereocenters. The smallest absolute Gasteiger partial charge is 0.319 e. The molecule has 1 fully saturated rings. The summed E-state index contributed by atoms with van der Waals surface area (Å²) in [4.78, 5) is 43.5. The molecule has 0 aliphatic carbocycles. The number of rotatable bonds is 9. The zero-order chi connectivity index (χ0) is 23.9. The van der Waals surface area contributed by atoms with Gasteiger partial charge in [-0.2, -0.15) is 0 Å². The first-order valence-electron chi connectivity index (χ1n) is 10.8. The molecule has 3 N–H and O–H groups in total. The van der Waals surface area contributed by atoms with Crippen LogP contribution in [0.3, 0.4) is 0 Å². The average Bonchev–Trinajstić information content (AvgIpc) is 2.79. The van der Waals surface area contributed by atoms with E-state index in [2.05, 4.69) is 4.90 Å². The second-order valence-corrected chi connectivity index (χ2v) is 7.75. The molecule has 0 saturated carbocycles. The fraction of sp³-hybridized carbons (Fsp3) is 0.850. The topological polar surface area (TPSA) is 138 Å². The molecule has 0 bridgehead atoms. The standard InChI is InChI=1S/C20H39N5O7/c1-30-18(27)14-23-6-4-22(13-17(26)12-21)5-7-24(15-19(28)31-2)9-11-25(10-8-23)16-20(29)32-3/h17,26H,4-16,21H2,1-3H3. The minimum absolute atomic E-state index is 0.115. The molecular formula is C20H39N5O7. The molecule has 0 aromatic carbocycles. The fourth-order valence-corrected chi connectivity index (χ4v) is 3.35. The van der Waals surface area contributed by atoms with Crippen LogP contribution < -0.4 is 5.73 Å². The molecule has 0 aromatic rings. The molecule has 186 valence electrons. The first kappa shape index (κ1) is 28.2. The Bertz CT molecular complexity index is 547. The third-order valence-corrected chi connectivity index (χ3v) is 5.41. The number of hydrogen-bond donors (Lipinski definition) is 2. The maximum absolute atomic E-state index is 11.9. The van der Waals surface area contributed by atoms with Gasteiger partial charge in [0.05, 0.1) is 47.1 Å². The quantitative estimate of drug-likeness (QED) is 0.268. The van der Waals surface area contributed by atoms with E-state index in [-0.39, 0.29) is 44.1 Å². The highest BCUT2D eigenvalue weighted by Gasteiger charge is 2.21. The number of carbonyl (C=O) groups is 3. The summed E-state index contributed by atoms with van der Waals surface area (Å²) in [5.74, 6) is -1.03. The van der Waals surface area contributed by atoms with Gasteiger partial charge in [-0.05, 0) is 0 Å². The van der Waals surface area contributed by atoms with Crippen molar-refractivity contribution in [3.8, 4) is 0 Å². The number of β-amino-alcohol motifs (C(OH)–C–C–N with tert-alkyl or cyclic N) is 1. The lowest BCUT2D eigenvalue weighted by atomic mass is 10.3. The molecule has 1 unspecified atom stereocenters. The molecule has 0 radical (unpaired) electrons. The van der Waals surface area contributed by atoms with Crippen LogP contribution in [-0.2, 0) is 28.6 Å². The van der Waals surface area contributed by atoms with Gasteiger partial charge in [0.15, 0.2) is 0 Å². The SMILES string of the molecule is COC(=O)CN1CCN(CC(=O)OC)CCN(CC(O)CN)CCN(CC(=O)OC)CC1. The Kier molecular flexibility index (Phi) is 14.0. The van der Waals surface area contributed by atoms with E-state index in [1.54, 1.807) is 0 Å². The minimum Gasteiger partial charge on any atom is -0.468 e. The number of carbonyl (C=O) groups excluding carboxylic acids is 3. The van der Waals surface area contributed by atoms with Crippen LogP contribution in [0.5, 0.6) is 0 Å². The highest BCUT2D eigenvalue weighted by atomic mass is 16.5. The lowest BCUT2D eigenvalue weighted by Crippen LogP contribution is -2.50. The normalized spacial score (nSPS) is 19.4. The molecule has 0 amide bonds. The summed E-state index contributed by atoms with van der Waals surface area (Å²) >= 11 is 0. The van der Waals surface area contributed by atoms with Gasteiger partial charge in [-0.25, -0.2) is 0 Å². The average molecular weight is 462 g/mol. The first-order valence-corrected chi connectivity index (χ1v) is 10.8. The van der Waals surface area contributed by atoms with Crippen LogP contribution in [0.25, 0.3) is 0 Å². The molecule has 32 heavy (non-hydrogen) atoms. The first-order chi connectivity index (χ1) is 15.3. The Morgan fingerprint density at radius 2 is 0.969 bits per heavy atom.